The molecule has 2 rings (SSSR count). The van der Waals surface area contributed by atoms with Crippen LogP contribution in [0.4, 0.5) is 13.2 Å². The molecule has 0 aromatic heterocycles. The molecule has 1 aliphatic rings. The standard InChI is InChI=1S/C16H23F3N2.ClH/c1-2-10-21(15-6-8-20-9-7-15)12-13-4-3-5-14(11-13)16(17,18)19;/h3-5,11,15,20H,2,6-10,12H2,1H3;1H. The third kappa shape index (κ3) is 5.45. The Morgan fingerprint density at radius 3 is 2.50 bits per heavy atom. The van der Waals surface area contributed by atoms with Crippen molar-refractivity contribution >= 4 is 12.4 Å². The molecule has 1 fully saturated rings. The molecule has 1 N–H and O–H groups in total. The number of nitrogens with zero attached hydrogens (tertiary/aromatic N) is 1. The summed E-state index contributed by atoms with van der Waals surface area (Å²) in [7, 11) is 0. The Labute approximate surface area is 136 Å². The van der Waals surface area contributed by atoms with Gasteiger partial charge in [-0.2, -0.15) is 13.2 Å². The summed E-state index contributed by atoms with van der Waals surface area (Å²) in [6, 6.07) is 6.19. The van der Waals surface area contributed by atoms with E-state index in [1.807, 2.05) is 0 Å². The van der Waals surface area contributed by atoms with Crippen molar-refractivity contribution in [1.82, 2.24) is 10.2 Å². The van der Waals surface area contributed by atoms with Crippen molar-refractivity contribution in [1.29, 1.82) is 0 Å². The van der Waals surface area contributed by atoms with E-state index in [1.54, 1.807) is 6.07 Å². The molecular weight excluding hydrogens is 313 g/mol. The van der Waals surface area contributed by atoms with Crippen LogP contribution in [0.5, 0.6) is 0 Å². The SMILES string of the molecule is CCCN(Cc1cccc(C(F)(F)F)c1)C1CCNCC1.Cl. The number of benzene rings is 1. The quantitative estimate of drug-likeness (QED) is 0.871. The minimum atomic E-state index is -4.26. The summed E-state index contributed by atoms with van der Waals surface area (Å²) in [4.78, 5) is 2.33. The fourth-order valence-electron chi connectivity index (χ4n) is 2.93. The summed E-state index contributed by atoms with van der Waals surface area (Å²) in [5.41, 5.74) is 0.193. The molecule has 0 aliphatic carbocycles. The van der Waals surface area contributed by atoms with Crippen LogP contribution in [-0.4, -0.2) is 30.6 Å². The number of hydrogen-bond donors (Lipinski definition) is 1. The summed E-state index contributed by atoms with van der Waals surface area (Å²) >= 11 is 0. The van der Waals surface area contributed by atoms with Crippen LogP contribution in [-0.2, 0) is 12.7 Å². The highest BCUT2D eigenvalue weighted by Gasteiger charge is 2.30. The highest BCUT2D eigenvalue weighted by Crippen LogP contribution is 2.30. The van der Waals surface area contributed by atoms with Gasteiger partial charge in [-0.1, -0.05) is 25.1 Å². The van der Waals surface area contributed by atoms with Crippen molar-refractivity contribution in [2.75, 3.05) is 19.6 Å². The van der Waals surface area contributed by atoms with Gasteiger partial charge in [-0.25, -0.2) is 0 Å². The molecule has 1 aromatic rings. The third-order valence-corrected chi connectivity index (χ3v) is 3.98. The van der Waals surface area contributed by atoms with Crippen LogP contribution in [0.3, 0.4) is 0 Å². The molecule has 0 spiro atoms. The van der Waals surface area contributed by atoms with Crippen LogP contribution >= 0.6 is 12.4 Å². The Hall–Kier alpha value is -0.780. The van der Waals surface area contributed by atoms with Gasteiger partial charge in [0.05, 0.1) is 5.56 Å². The lowest BCUT2D eigenvalue weighted by atomic mass is 10.0. The first kappa shape index (κ1) is 19.3. The highest BCUT2D eigenvalue weighted by molar-refractivity contribution is 5.85. The van der Waals surface area contributed by atoms with Crippen molar-refractivity contribution in [3.05, 3.63) is 35.4 Å². The average molecular weight is 337 g/mol. The molecule has 0 saturated carbocycles. The monoisotopic (exact) mass is 336 g/mol. The first-order valence-corrected chi connectivity index (χ1v) is 7.61. The van der Waals surface area contributed by atoms with E-state index < -0.39 is 11.7 Å². The van der Waals surface area contributed by atoms with E-state index in [-0.39, 0.29) is 12.4 Å². The van der Waals surface area contributed by atoms with E-state index in [9.17, 15) is 13.2 Å². The number of halogens is 4. The summed E-state index contributed by atoms with van der Waals surface area (Å²) in [5.74, 6) is 0. The molecule has 1 heterocycles. The lowest BCUT2D eigenvalue weighted by molar-refractivity contribution is -0.137. The van der Waals surface area contributed by atoms with Gasteiger partial charge in [0.1, 0.15) is 0 Å². The normalized spacial score (nSPS) is 16.6. The van der Waals surface area contributed by atoms with Crippen molar-refractivity contribution in [3.63, 3.8) is 0 Å². The van der Waals surface area contributed by atoms with Gasteiger partial charge in [0.25, 0.3) is 0 Å². The number of rotatable bonds is 5. The molecule has 0 radical (unpaired) electrons. The van der Waals surface area contributed by atoms with Crippen molar-refractivity contribution in [2.45, 2.75) is 44.9 Å². The Kier molecular flexibility index (Phi) is 7.66. The Bertz CT molecular complexity index is 445. The van der Waals surface area contributed by atoms with E-state index in [1.165, 1.54) is 12.1 Å². The van der Waals surface area contributed by atoms with Gasteiger partial charge in [-0.05, 0) is 50.5 Å². The second kappa shape index (κ2) is 8.75. The number of alkyl halides is 3. The van der Waals surface area contributed by atoms with Crippen molar-refractivity contribution < 1.29 is 13.2 Å². The summed E-state index contributed by atoms with van der Waals surface area (Å²) < 4.78 is 38.4. The maximum absolute atomic E-state index is 12.8. The lowest BCUT2D eigenvalue weighted by Crippen LogP contribution is -2.43. The maximum Gasteiger partial charge on any atom is 0.416 e. The Morgan fingerprint density at radius 2 is 1.91 bits per heavy atom. The zero-order valence-corrected chi connectivity index (χ0v) is 13.6. The van der Waals surface area contributed by atoms with Crippen LogP contribution in [0.2, 0.25) is 0 Å². The number of piperidine rings is 1. The molecule has 6 heteroatoms. The van der Waals surface area contributed by atoms with E-state index in [4.69, 9.17) is 0 Å². The van der Waals surface area contributed by atoms with Gasteiger partial charge >= 0.3 is 6.18 Å². The minimum Gasteiger partial charge on any atom is -0.317 e. The summed E-state index contributed by atoms with van der Waals surface area (Å²) in [6.07, 6.45) is -1.11. The molecule has 1 aromatic carbocycles. The lowest BCUT2D eigenvalue weighted by Gasteiger charge is -2.34. The molecule has 0 amide bonds. The van der Waals surface area contributed by atoms with E-state index in [0.717, 1.165) is 50.5 Å². The predicted molar refractivity (Wildman–Crippen MR) is 85.3 cm³/mol. The molecular formula is C16H24ClF3N2. The highest BCUT2D eigenvalue weighted by atomic mass is 35.5. The smallest absolute Gasteiger partial charge is 0.317 e. The Balaban J connectivity index is 0.00000242. The largest absolute Gasteiger partial charge is 0.416 e. The zero-order chi connectivity index (χ0) is 15.3. The fraction of sp³-hybridized carbons (Fsp3) is 0.625. The molecule has 0 bridgehead atoms. The third-order valence-electron chi connectivity index (χ3n) is 3.98. The first-order chi connectivity index (χ1) is 10.0. The van der Waals surface area contributed by atoms with Gasteiger partial charge in [0, 0.05) is 12.6 Å². The predicted octanol–water partition coefficient (Wildman–Crippen LogP) is 4.09. The topological polar surface area (TPSA) is 15.3 Å². The molecule has 126 valence electrons. The van der Waals surface area contributed by atoms with Crippen LogP contribution in [0.25, 0.3) is 0 Å². The minimum absolute atomic E-state index is 0. The molecule has 1 aliphatic heterocycles. The van der Waals surface area contributed by atoms with Gasteiger partial charge in [-0.15, -0.1) is 12.4 Å². The van der Waals surface area contributed by atoms with Crippen LogP contribution in [0.15, 0.2) is 24.3 Å². The molecule has 2 nitrogen and oxygen atoms in total. The number of nitrogens with one attached hydrogen (secondary N) is 1. The average Bonchev–Trinajstić information content (AvgIpc) is 2.47. The summed E-state index contributed by atoms with van der Waals surface area (Å²) in [5, 5.41) is 3.33. The number of hydrogen-bond acceptors (Lipinski definition) is 2. The molecule has 0 unspecified atom stereocenters. The van der Waals surface area contributed by atoms with Gasteiger partial charge in [0.15, 0.2) is 0 Å². The van der Waals surface area contributed by atoms with Crippen LogP contribution < -0.4 is 5.32 Å². The summed E-state index contributed by atoms with van der Waals surface area (Å²) in [6.45, 7) is 5.63. The zero-order valence-electron chi connectivity index (χ0n) is 12.8. The Morgan fingerprint density at radius 1 is 1.23 bits per heavy atom. The second-order valence-electron chi connectivity index (χ2n) is 5.65. The van der Waals surface area contributed by atoms with Crippen LogP contribution in [0.1, 0.15) is 37.3 Å². The van der Waals surface area contributed by atoms with E-state index in [0.29, 0.717) is 12.6 Å². The van der Waals surface area contributed by atoms with Gasteiger partial charge in [0.2, 0.25) is 0 Å². The van der Waals surface area contributed by atoms with Gasteiger partial charge < -0.3 is 5.32 Å². The molecule has 0 atom stereocenters. The van der Waals surface area contributed by atoms with Crippen molar-refractivity contribution in [3.8, 4) is 0 Å². The van der Waals surface area contributed by atoms with Gasteiger partial charge in [-0.3, -0.25) is 4.90 Å². The molecule has 1 saturated heterocycles. The van der Waals surface area contributed by atoms with Crippen LogP contribution in [0, 0.1) is 0 Å². The molecule has 22 heavy (non-hydrogen) atoms. The van der Waals surface area contributed by atoms with Crippen molar-refractivity contribution in [2.24, 2.45) is 0 Å². The van der Waals surface area contributed by atoms with E-state index in [2.05, 4.69) is 17.1 Å². The van der Waals surface area contributed by atoms with E-state index >= 15 is 0 Å². The first-order valence-electron chi connectivity index (χ1n) is 7.61. The second-order valence-corrected chi connectivity index (χ2v) is 5.65. The maximum atomic E-state index is 12.8. The fourth-order valence-corrected chi connectivity index (χ4v) is 2.93.